The second-order valence-electron chi connectivity index (χ2n) is 5.62. The van der Waals surface area contributed by atoms with E-state index in [4.69, 9.17) is 4.74 Å². The summed E-state index contributed by atoms with van der Waals surface area (Å²) in [5.41, 5.74) is -0.124. The number of methoxy groups -OCH3 is 1. The fourth-order valence-corrected chi connectivity index (χ4v) is 4.00. The molecule has 1 aliphatic heterocycles. The summed E-state index contributed by atoms with van der Waals surface area (Å²) in [4.78, 5) is 12.3. The lowest BCUT2D eigenvalue weighted by Crippen LogP contribution is -2.45. The van der Waals surface area contributed by atoms with Crippen LogP contribution in [0.5, 0.6) is 0 Å². The third-order valence-corrected chi connectivity index (χ3v) is 5.68. The van der Waals surface area contributed by atoms with Crippen molar-refractivity contribution >= 4 is 21.6 Å². The van der Waals surface area contributed by atoms with Crippen LogP contribution in [-0.4, -0.2) is 51.2 Å². The van der Waals surface area contributed by atoms with Crippen molar-refractivity contribution in [3.63, 3.8) is 0 Å². The lowest BCUT2D eigenvalue weighted by molar-refractivity contribution is -0.120. The lowest BCUT2D eigenvalue weighted by atomic mass is 9.98. The van der Waals surface area contributed by atoms with Gasteiger partial charge in [-0.2, -0.15) is 0 Å². The quantitative estimate of drug-likeness (QED) is 0.834. The molecule has 9 heteroatoms. The van der Waals surface area contributed by atoms with Crippen LogP contribution in [0.25, 0.3) is 0 Å². The predicted octanol–water partition coefficient (Wildman–Crippen LogP) is 1.59. The summed E-state index contributed by atoms with van der Waals surface area (Å²) in [7, 11) is -2.08. The van der Waals surface area contributed by atoms with Crippen LogP contribution < -0.4 is 5.32 Å². The van der Waals surface area contributed by atoms with Crippen LogP contribution in [0.3, 0.4) is 0 Å². The fourth-order valence-electron chi connectivity index (χ4n) is 2.55. The van der Waals surface area contributed by atoms with Gasteiger partial charge >= 0.3 is 0 Å². The Morgan fingerprint density at radius 1 is 1.42 bits per heavy atom. The molecule has 24 heavy (non-hydrogen) atoms. The van der Waals surface area contributed by atoms with Crippen LogP contribution in [0.4, 0.5) is 14.5 Å². The third-order valence-electron chi connectivity index (χ3n) is 3.88. The summed E-state index contributed by atoms with van der Waals surface area (Å²) in [6.07, 6.45) is 1.04. The standard InChI is InChI=1S/C15H20F2N2O4S/c1-23-7-8-24(21,22)19-6-2-3-11(10-19)15(20)18-14-5-4-12(16)9-13(14)17/h4-5,9,11H,2-3,6-8,10H2,1H3,(H,18,20). The lowest BCUT2D eigenvalue weighted by Gasteiger charge is -2.31. The van der Waals surface area contributed by atoms with Crippen molar-refractivity contribution in [3.8, 4) is 0 Å². The smallest absolute Gasteiger partial charge is 0.228 e. The molecular weight excluding hydrogens is 342 g/mol. The van der Waals surface area contributed by atoms with Crippen molar-refractivity contribution in [2.24, 2.45) is 5.92 Å². The molecule has 0 saturated carbocycles. The SMILES string of the molecule is COCCS(=O)(=O)N1CCCC(C(=O)Nc2ccc(F)cc2F)C1. The van der Waals surface area contributed by atoms with Gasteiger partial charge in [-0.05, 0) is 25.0 Å². The summed E-state index contributed by atoms with van der Waals surface area (Å²) < 4.78 is 56.9. The van der Waals surface area contributed by atoms with Crippen LogP contribution in [0.1, 0.15) is 12.8 Å². The van der Waals surface area contributed by atoms with E-state index in [2.05, 4.69) is 5.32 Å². The van der Waals surface area contributed by atoms with E-state index in [-0.39, 0.29) is 24.6 Å². The van der Waals surface area contributed by atoms with E-state index >= 15 is 0 Å². The van der Waals surface area contributed by atoms with Crippen molar-refractivity contribution in [2.75, 3.05) is 37.9 Å². The number of rotatable bonds is 6. The molecular formula is C15H20F2N2O4S. The molecule has 2 rings (SSSR count). The summed E-state index contributed by atoms with van der Waals surface area (Å²) in [6.45, 7) is 0.470. The first kappa shape index (κ1) is 18.8. The first-order valence-corrected chi connectivity index (χ1v) is 9.17. The second-order valence-corrected chi connectivity index (χ2v) is 7.71. The Kier molecular flexibility index (Phi) is 6.25. The molecule has 0 aliphatic carbocycles. The van der Waals surface area contributed by atoms with Crippen LogP contribution >= 0.6 is 0 Å². The van der Waals surface area contributed by atoms with E-state index in [1.54, 1.807) is 0 Å². The van der Waals surface area contributed by atoms with E-state index < -0.39 is 33.5 Å². The number of sulfonamides is 1. The minimum absolute atomic E-state index is 0.0424. The molecule has 1 heterocycles. The average Bonchev–Trinajstić information content (AvgIpc) is 2.55. The highest BCUT2D eigenvalue weighted by Crippen LogP contribution is 2.22. The highest BCUT2D eigenvalue weighted by atomic mass is 32.2. The maximum Gasteiger partial charge on any atom is 0.228 e. The van der Waals surface area contributed by atoms with Gasteiger partial charge in [0.15, 0.2) is 0 Å². The first-order valence-electron chi connectivity index (χ1n) is 7.56. The molecule has 1 aromatic carbocycles. The maximum absolute atomic E-state index is 13.6. The Morgan fingerprint density at radius 2 is 2.17 bits per heavy atom. The Labute approximate surface area is 139 Å². The number of halogens is 2. The number of amides is 1. The Morgan fingerprint density at radius 3 is 2.83 bits per heavy atom. The molecule has 0 bridgehead atoms. The summed E-state index contributed by atoms with van der Waals surface area (Å²) in [5, 5.41) is 2.40. The van der Waals surface area contributed by atoms with Gasteiger partial charge in [-0.1, -0.05) is 0 Å². The molecule has 1 fully saturated rings. The van der Waals surface area contributed by atoms with Crippen molar-refractivity contribution in [1.29, 1.82) is 0 Å². The Balaban J connectivity index is 2.02. The number of ether oxygens (including phenoxy) is 1. The highest BCUT2D eigenvalue weighted by molar-refractivity contribution is 7.89. The summed E-state index contributed by atoms with van der Waals surface area (Å²) in [5.74, 6) is -2.82. The number of benzene rings is 1. The maximum atomic E-state index is 13.6. The predicted molar refractivity (Wildman–Crippen MR) is 84.9 cm³/mol. The molecule has 0 radical (unpaired) electrons. The van der Waals surface area contributed by atoms with E-state index in [9.17, 15) is 22.0 Å². The van der Waals surface area contributed by atoms with Crippen molar-refractivity contribution in [3.05, 3.63) is 29.8 Å². The van der Waals surface area contributed by atoms with Gasteiger partial charge in [-0.25, -0.2) is 21.5 Å². The van der Waals surface area contributed by atoms with E-state index in [1.807, 2.05) is 0 Å². The first-order chi connectivity index (χ1) is 11.3. The minimum Gasteiger partial charge on any atom is -0.384 e. The van der Waals surface area contributed by atoms with Crippen molar-refractivity contribution < 1.29 is 26.7 Å². The van der Waals surface area contributed by atoms with E-state index in [1.165, 1.54) is 11.4 Å². The zero-order valence-electron chi connectivity index (χ0n) is 13.3. The fraction of sp³-hybridized carbons (Fsp3) is 0.533. The molecule has 1 aliphatic rings. The normalized spacial score (nSPS) is 19.2. The average molecular weight is 362 g/mol. The zero-order valence-corrected chi connectivity index (χ0v) is 14.1. The number of carbonyl (C=O) groups is 1. The Bertz CT molecular complexity index is 697. The van der Waals surface area contributed by atoms with Gasteiger partial charge in [0, 0.05) is 26.3 Å². The van der Waals surface area contributed by atoms with Gasteiger partial charge < -0.3 is 10.1 Å². The number of nitrogens with one attached hydrogen (secondary N) is 1. The van der Waals surface area contributed by atoms with Gasteiger partial charge in [0.05, 0.1) is 24.0 Å². The van der Waals surface area contributed by atoms with E-state index in [0.29, 0.717) is 25.5 Å². The molecule has 1 saturated heterocycles. The van der Waals surface area contributed by atoms with Gasteiger partial charge in [0.1, 0.15) is 11.6 Å². The molecule has 0 aromatic heterocycles. The Hall–Kier alpha value is -1.58. The largest absolute Gasteiger partial charge is 0.384 e. The number of hydrogen-bond acceptors (Lipinski definition) is 4. The van der Waals surface area contributed by atoms with Crippen molar-refractivity contribution in [1.82, 2.24) is 4.31 Å². The van der Waals surface area contributed by atoms with Crippen LogP contribution in [0.2, 0.25) is 0 Å². The van der Waals surface area contributed by atoms with Crippen LogP contribution in [0, 0.1) is 17.6 Å². The van der Waals surface area contributed by atoms with E-state index in [0.717, 1.165) is 12.1 Å². The molecule has 0 spiro atoms. The summed E-state index contributed by atoms with van der Waals surface area (Å²) >= 11 is 0. The number of anilines is 1. The number of piperidine rings is 1. The van der Waals surface area contributed by atoms with Crippen LogP contribution in [-0.2, 0) is 19.6 Å². The molecule has 6 nitrogen and oxygen atoms in total. The van der Waals surface area contributed by atoms with Gasteiger partial charge in [-0.3, -0.25) is 4.79 Å². The topological polar surface area (TPSA) is 75.7 Å². The molecule has 1 unspecified atom stereocenters. The van der Waals surface area contributed by atoms with Gasteiger partial charge in [0.25, 0.3) is 0 Å². The number of nitrogens with zero attached hydrogens (tertiary/aromatic N) is 1. The highest BCUT2D eigenvalue weighted by Gasteiger charge is 2.32. The minimum atomic E-state index is -3.49. The molecule has 134 valence electrons. The number of hydrogen-bond donors (Lipinski definition) is 1. The molecule has 1 amide bonds. The number of carbonyl (C=O) groups excluding carboxylic acids is 1. The molecule has 1 N–H and O–H groups in total. The summed E-state index contributed by atoms with van der Waals surface area (Å²) in [6, 6.07) is 2.86. The molecule has 1 atom stereocenters. The second kappa shape index (κ2) is 8.00. The third kappa shape index (κ3) is 4.71. The van der Waals surface area contributed by atoms with Crippen LogP contribution in [0.15, 0.2) is 18.2 Å². The van der Waals surface area contributed by atoms with Gasteiger partial charge in [-0.15, -0.1) is 0 Å². The molecule has 1 aromatic rings. The van der Waals surface area contributed by atoms with Crippen molar-refractivity contribution in [2.45, 2.75) is 12.8 Å². The van der Waals surface area contributed by atoms with Gasteiger partial charge in [0.2, 0.25) is 15.9 Å². The zero-order chi connectivity index (χ0) is 17.7. The monoisotopic (exact) mass is 362 g/mol.